The molecule has 4 aromatic carbocycles. The van der Waals surface area contributed by atoms with Crippen molar-refractivity contribution in [3.8, 4) is 28.6 Å². The Morgan fingerprint density at radius 1 is 0.559 bits per heavy atom. The van der Waals surface area contributed by atoms with E-state index in [1.165, 1.54) is 0 Å². The van der Waals surface area contributed by atoms with E-state index in [4.69, 9.17) is 14.2 Å². The fraction of sp³-hybridized carbons (Fsp3) is 0.320. The second-order valence-electron chi connectivity index (χ2n) is 15.1. The number of aryl methyl sites for hydroxylation is 1. The second-order valence-corrected chi connectivity index (χ2v) is 15.1. The summed E-state index contributed by atoms with van der Waals surface area (Å²) in [6.45, 7) is 15.8. The standard InChI is InChI=1S/C25H30N2O3.C25H30N2O2/c1-18(2)27(19(3)4)25(28)24(20-12-14-21(29-5)15-13-20)30-23-11-7-6-10-22(23)26-16-8-9-17-26;1-4-16-27(17-5-2)25(28)24(21-14-12-20(3)13-15-21)29-23-11-7-6-10-22(23)26-18-8-9-19-26/h6-19,24H,1-5H3;6-15,18-19,24H,4-5,16-17H2,1-3H3. The monoisotopic (exact) mass is 796 g/mol. The van der Waals surface area contributed by atoms with Crippen LogP contribution in [0.3, 0.4) is 0 Å². The molecule has 0 aliphatic rings. The molecule has 0 aliphatic heterocycles. The van der Waals surface area contributed by atoms with Crippen molar-refractivity contribution in [1.29, 1.82) is 0 Å². The van der Waals surface area contributed by atoms with E-state index in [0.717, 1.165) is 59.7 Å². The number of rotatable bonds is 17. The molecule has 0 radical (unpaired) electrons. The Balaban J connectivity index is 0.000000224. The highest BCUT2D eigenvalue weighted by atomic mass is 16.5. The van der Waals surface area contributed by atoms with Gasteiger partial charge in [0.25, 0.3) is 11.8 Å². The van der Waals surface area contributed by atoms with Crippen LogP contribution in [0.25, 0.3) is 11.4 Å². The van der Waals surface area contributed by atoms with Gasteiger partial charge in [-0.3, -0.25) is 9.59 Å². The zero-order valence-electron chi connectivity index (χ0n) is 35.8. The minimum atomic E-state index is -0.766. The van der Waals surface area contributed by atoms with Gasteiger partial charge < -0.3 is 33.1 Å². The summed E-state index contributed by atoms with van der Waals surface area (Å²) in [7, 11) is 1.63. The van der Waals surface area contributed by atoms with Crippen molar-refractivity contribution in [3.05, 3.63) is 163 Å². The van der Waals surface area contributed by atoms with Crippen molar-refractivity contribution in [2.45, 2.75) is 85.6 Å². The normalized spacial score (nSPS) is 12.0. The summed E-state index contributed by atoms with van der Waals surface area (Å²) in [4.78, 5) is 30.9. The highest BCUT2D eigenvalue weighted by Crippen LogP contribution is 2.32. The van der Waals surface area contributed by atoms with Crippen LogP contribution in [0.2, 0.25) is 0 Å². The molecule has 0 saturated carbocycles. The molecule has 59 heavy (non-hydrogen) atoms. The van der Waals surface area contributed by atoms with Crippen molar-refractivity contribution in [1.82, 2.24) is 18.9 Å². The van der Waals surface area contributed by atoms with Gasteiger partial charge in [-0.25, -0.2) is 0 Å². The average molecular weight is 797 g/mol. The molecule has 9 nitrogen and oxygen atoms in total. The van der Waals surface area contributed by atoms with Crippen LogP contribution in [0.4, 0.5) is 0 Å². The minimum Gasteiger partial charge on any atom is -0.497 e. The summed E-state index contributed by atoms with van der Waals surface area (Å²) in [6.07, 6.45) is 8.28. The first-order chi connectivity index (χ1) is 28.6. The predicted octanol–water partition coefficient (Wildman–Crippen LogP) is 10.8. The first-order valence-electron chi connectivity index (χ1n) is 20.7. The van der Waals surface area contributed by atoms with Crippen molar-refractivity contribution in [2.24, 2.45) is 0 Å². The predicted molar refractivity (Wildman–Crippen MR) is 237 cm³/mol. The molecule has 6 aromatic rings. The average Bonchev–Trinajstić information content (AvgIpc) is 3.99. The number of amides is 2. The van der Waals surface area contributed by atoms with E-state index < -0.39 is 12.2 Å². The molecule has 0 spiro atoms. The molecule has 2 aromatic heterocycles. The maximum Gasteiger partial charge on any atom is 0.268 e. The van der Waals surface area contributed by atoms with Crippen LogP contribution in [0.15, 0.2) is 146 Å². The summed E-state index contributed by atoms with van der Waals surface area (Å²) in [6, 6.07) is 39.1. The topological polar surface area (TPSA) is 78.2 Å². The zero-order valence-corrected chi connectivity index (χ0v) is 35.8. The molecular weight excluding hydrogens is 737 g/mol. The van der Waals surface area contributed by atoms with E-state index in [9.17, 15) is 9.59 Å². The third-order valence-corrected chi connectivity index (χ3v) is 9.90. The quantitative estimate of drug-likeness (QED) is 0.0919. The summed E-state index contributed by atoms with van der Waals surface area (Å²) in [5, 5.41) is 0. The van der Waals surface area contributed by atoms with E-state index in [1.54, 1.807) is 7.11 Å². The van der Waals surface area contributed by atoms with Gasteiger partial charge in [-0.15, -0.1) is 0 Å². The van der Waals surface area contributed by atoms with Crippen LogP contribution >= 0.6 is 0 Å². The largest absolute Gasteiger partial charge is 0.497 e. The Kier molecular flexibility index (Phi) is 16.0. The lowest BCUT2D eigenvalue weighted by atomic mass is 10.1. The smallest absolute Gasteiger partial charge is 0.268 e. The van der Waals surface area contributed by atoms with Gasteiger partial charge >= 0.3 is 0 Å². The van der Waals surface area contributed by atoms with E-state index in [1.807, 2.05) is 200 Å². The summed E-state index contributed by atoms with van der Waals surface area (Å²) in [5.41, 5.74) is 4.62. The molecule has 2 atom stereocenters. The third kappa shape index (κ3) is 11.5. The van der Waals surface area contributed by atoms with E-state index in [-0.39, 0.29) is 23.9 Å². The van der Waals surface area contributed by atoms with Gasteiger partial charge in [0.15, 0.2) is 0 Å². The van der Waals surface area contributed by atoms with Crippen LogP contribution < -0.4 is 14.2 Å². The van der Waals surface area contributed by atoms with Gasteiger partial charge in [-0.05, 0) is 108 Å². The number of ether oxygens (including phenoxy) is 3. The molecular formula is C50H60N4O5. The number of benzene rings is 4. The SMILES string of the molecule is CCCN(CCC)C(=O)C(Oc1ccccc1-n1cccc1)c1ccc(C)cc1.COc1ccc(C(Oc2ccccc2-n2cccc2)C(=O)N(C(C)C)C(C)C)cc1. The van der Waals surface area contributed by atoms with E-state index in [2.05, 4.69) is 13.8 Å². The Morgan fingerprint density at radius 2 is 0.966 bits per heavy atom. The molecule has 2 unspecified atom stereocenters. The number of hydrogen-bond acceptors (Lipinski definition) is 5. The van der Waals surface area contributed by atoms with Crippen molar-refractivity contribution in [3.63, 3.8) is 0 Å². The number of carbonyl (C=O) groups is 2. The summed E-state index contributed by atoms with van der Waals surface area (Å²) < 4.78 is 22.1. The molecule has 0 N–H and O–H groups in total. The first kappa shape index (κ1) is 43.9. The highest BCUT2D eigenvalue weighted by molar-refractivity contribution is 5.84. The zero-order chi connectivity index (χ0) is 42.3. The Labute approximate surface area is 350 Å². The number of para-hydroxylation sites is 4. The Hall–Kier alpha value is -6.22. The van der Waals surface area contributed by atoms with Gasteiger partial charge in [0.1, 0.15) is 17.2 Å². The van der Waals surface area contributed by atoms with Crippen molar-refractivity contribution in [2.75, 3.05) is 20.2 Å². The van der Waals surface area contributed by atoms with Crippen molar-refractivity contribution >= 4 is 11.8 Å². The Bertz CT molecular complexity index is 2150. The number of hydrogen-bond donors (Lipinski definition) is 0. The fourth-order valence-electron chi connectivity index (χ4n) is 7.10. The maximum atomic E-state index is 13.6. The number of methoxy groups -OCH3 is 1. The van der Waals surface area contributed by atoms with Crippen LogP contribution in [-0.2, 0) is 9.59 Å². The molecule has 0 bridgehead atoms. The molecule has 0 saturated heterocycles. The second kappa shape index (κ2) is 21.5. The minimum absolute atomic E-state index is 0.0138. The lowest BCUT2D eigenvalue weighted by Crippen LogP contribution is -2.45. The highest BCUT2D eigenvalue weighted by Gasteiger charge is 2.32. The maximum absolute atomic E-state index is 13.6. The van der Waals surface area contributed by atoms with Gasteiger partial charge in [-0.1, -0.05) is 80.1 Å². The van der Waals surface area contributed by atoms with Gasteiger partial charge in [0.05, 0.1) is 18.5 Å². The lowest BCUT2D eigenvalue weighted by Gasteiger charge is -2.34. The van der Waals surface area contributed by atoms with E-state index in [0.29, 0.717) is 11.5 Å². The summed E-state index contributed by atoms with van der Waals surface area (Å²) >= 11 is 0. The number of aromatic nitrogens is 2. The molecule has 9 heteroatoms. The van der Waals surface area contributed by atoms with Gasteiger partial charge in [0.2, 0.25) is 12.2 Å². The van der Waals surface area contributed by atoms with Crippen LogP contribution in [0, 0.1) is 6.92 Å². The molecule has 310 valence electrons. The third-order valence-electron chi connectivity index (χ3n) is 9.90. The molecule has 0 aliphatic carbocycles. The fourth-order valence-corrected chi connectivity index (χ4v) is 7.10. The van der Waals surface area contributed by atoms with Crippen LogP contribution in [0.5, 0.6) is 17.2 Å². The number of nitrogens with zero attached hydrogens (tertiary/aromatic N) is 4. The molecule has 6 rings (SSSR count). The summed E-state index contributed by atoms with van der Waals surface area (Å²) in [5.74, 6) is 2.03. The van der Waals surface area contributed by atoms with E-state index >= 15 is 0 Å². The first-order valence-corrected chi connectivity index (χ1v) is 20.7. The number of carbonyl (C=O) groups excluding carboxylic acids is 2. The molecule has 2 amide bonds. The molecule has 0 fully saturated rings. The lowest BCUT2D eigenvalue weighted by molar-refractivity contribution is -0.143. The Morgan fingerprint density at radius 3 is 1.37 bits per heavy atom. The van der Waals surface area contributed by atoms with Gasteiger partial charge in [-0.2, -0.15) is 0 Å². The molecule has 2 heterocycles. The van der Waals surface area contributed by atoms with Crippen LogP contribution in [-0.4, -0.2) is 63.0 Å². The van der Waals surface area contributed by atoms with Crippen LogP contribution in [0.1, 0.15) is 83.3 Å². The van der Waals surface area contributed by atoms with Gasteiger partial charge in [0, 0.05) is 61.1 Å². The van der Waals surface area contributed by atoms with Crippen molar-refractivity contribution < 1.29 is 23.8 Å².